The second-order valence-electron chi connectivity index (χ2n) is 1.79. The summed E-state index contributed by atoms with van der Waals surface area (Å²) in [5, 5.41) is 0. The average molecular weight is 334 g/mol. The van der Waals surface area contributed by atoms with Gasteiger partial charge in [-0.1, -0.05) is 0 Å². The minimum atomic E-state index is -2.50. The molecular weight excluding hydrogens is 331 g/mol. The minimum Gasteiger partial charge on any atom is -0.254 e. The van der Waals surface area contributed by atoms with E-state index >= 15 is 0 Å². The summed E-state index contributed by atoms with van der Waals surface area (Å²) in [6.07, 6.45) is -1.15. The van der Waals surface area contributed by atoms with Gasteiger partial charge >= 0.3 is 0 Å². The number of hydrogen-bond acceptors (Lipinski definition) is 1. The van der Waals surface area contributed by atoms with Crippen LogP contribution in [0.2, 0.25) is 0 Å². The molecule has 0 unspecified atom stereocenters. The SMILES string of the molecule is FC(F)c1nccc(Br)c1I. The Labute approximate surface area is 84.5 Å². The number of pyridine rings is 1. The van der Waals surface area contributed by atoms with Crippen LogP contribution in [-0.4, -0.2) is 4.98 Å². The van der Waals surface area contributed by atoms with Crippen LogP contribution < -0.4 is 0 Å². The zero-order valence-corrected chi connectivity index (χ0v) is 8.93. The fourth-order valence-corrected chi connectivity index (χ4v) is 1.46. The Morgan fingerprint density at radius 2 is 2.18 bits per heavy atom. The van der Waals surface area contributed by atoms with Crippen LogP contribution in [0, 0.1) is 3.57 Å². The van der Waals surface area contributed by atoms with Crippen LogP contribution >= 0.6 is 38.5 Å². The molecule has 1 aromatic rings. The van der Waals surface area contributed by atoms with Gasteiger partial charge in [0.25, 0.3) is 6.43 Å². The number of aromatic nitrogens is 1. The van der Waals surface area contributed by atoms with Crippen LogP contribution in [-0.2, 0) is 0 Å². The summed E-state index contributed by atoms with van der Waals surface area (Å²) >= 11 is 4.96. The molecule has 0 fully saturated rings. The van der Waals surface area contributed by atoms with Crippen molar-refractivity contribution in [1.29, 1.82) is 0 Å². The van der Waals surface area contributed by atoms with Gasteiger partial charge in [0.1, 0.15) is 5.69 Å². The molecule has 0 bridgehead atoms. The summed E-state index contributed by atoms with van der Waals surface area (Å²) in [5.74, 6) is 0. The molecule has 0 aliphatic heterocycles. The van der Waals surface area contributed by atoms with Gasteiger partial charge in [0.15, 0.2) is 0 Å². The van der Waals surface area contributed by atoms with E-state index in [0.29, 0.717) is 8.04 Å². The molecule has 0 aromatic carbocycles. The summed E-state index contributed by atoms with van der Waals surface area (Å²) in [6, 6.07) is 1.63. The maximum absolute atomic E-state index is 12.1. The fourth-order valence-electron chi connectivity index (χ4n) is 0.587. The van der Waals surface area contributed by atoms with E-state index in [4.69, 9.17) is 0 Å². The molecule has 0 spiro atoms. The van der Waals surface area contributed by atoms with Crippen LogP contribution in [0.15, 0.2) is 16.7 Å². The van der Waals surface area contributed by atoms with Gasteiger partial charge in [-0.05, 0) is 44.6 Å². The standard InChI is InChI=1S/C6H3BrF2IN/c7-3-1-2-11-5(4(3)10)6(8)9/h1-2,6H. The van der Waals surface area contributed by atoms with E-state index in [9.17, 15) is 8.78 Å². The monoisotopic (exact) mass is 333 g/mol. The summed E-state index contributed by atoms with van der Waals surface area (Å²) in [5.41, 5.74) is -0.167. The molecule has 60 valence electrons. The second kappa shape index (κ2) is 3.75. The lowest BCUT2D eigenvalue weighted by Crippen LogP contribution is -1.93. The highest BCUT2D eigenvalue weighted by Gasteiger charge is 2.14. The molecule has 0 N–H and O–H groups in total. The molecule has 1 aromatic heterocycles. The first kappa shape index (κ1) is 9.31. The maximum Gasteiger partial charge on any atom is 0.281 e. The van der Waals surface area contributed by atoms with Gasteiger partial charge in [-0.3, -0.25) is 4.98 Å². The van der Waals surface area contributed by atoms with Gasteiger partial charge in [-0.15, -0.1) is 0 Å². The van der Waals surface area contributed by atoms with Gasteiger partial charge in [0.05, 0.1) is 3.57 Å². The van der Waals surface area contributed by atoms with Crippen molar-refractivity contribution in [2.45, 2.75) is 6.43 Å². The van der Waals surface area contributed by atoms with Gasteiger partial charge in [-0.2, -0.15) is 0 Å². The summed E-state index contributed by atoms with van der Waals surface area (Å²) in [4.78, 5) is 3.55. The minimum absolute atomic E-state index is 0.167. The number of alkyl halides is 2. The molecule has 5 heteroatoms. The Kier molecular flexibility index (Phi) is 3.17. The molecule has 0 saturated heterocycles. The van der Waals surface area contributed by atoms with Gasteiger partial charge in [0.2, 0.25) is 0 Å². The molecular formula is C6H3BrF2IN. The molecule has 0 atom stereocenters. The summed E-state index contributed by atoms with van der Waals surface area (Å²) < 4.78 is 25.4. The van der Waals surface area contributed by atoms with Crippen molar-refractivity contribution in [3.8, 4) is 0 Å². The number of hydrogen-bond donors (Lipinski definition) is 0. The van der Waals surface area contributed by atoms with Crippen molar-refractivity contribution in [2.24, 2.45) is 0 Å². The van der Waals surface area contributed by atoms with Crippen molar-refractivity contribution in [1.82, 2.24) is 4.98 Å². The number of nitrogens with zero attached hydrogens (tertiary/aromatic N) is 1. The lowest BCUT2D eigenvalue weighted by Gasteiger charge is -2.02. The molecule has 1 heterocycles. The van der Waals surface area contributed by atoms with Crippen molar-refractivity contribution >= 4 is 38.5 Å². The third-order valence-electron chi connectivity index (χ3n) is 1.08. The fraction of sp³-hybridized carbons (Fsp3) is 0.167. The Morgan fingerprint density at radius 3 is 2.64 bits per heavy atom. The van der Waals surface area contributed by atoms with E-state index in [0.717, 1.165) is 0 Å². The van der Waals surface area contributed by atoms with Crippen LogP contribution in [0.3, 0.4) is 0 Å². The summed E-state index contributed by atoms with van der Waals surface area (Å²) in [6.45, 7) is 0. The van der Waals surface area contributed by atoms with Crippen LogP contribution in [0.4, 0.5) is 8.78 Å². The third kappa shape index (κ3) is 2.08. The van der Waals surface area contributed by atoms with E-state index < -0.39 is 6.43 Å². The lowest BCUT2D eigenvalue weighted by atomic mass is 10.4. The molecule has 0 amide bonds. The molecule has 0 saturated carbocycles. The molecule has 1 nitrogen and oxygen atoms in total. The normalized spacial score (nSPS) is 10.6. The highest BCUT2D eigenvalue weighted by atomic mass is 127. The van der Waals surface area contributed by atoms with Crippen molar-refractivity contribution in [3.05, 3.63) is 26.0 Å². The third-order valence-corrected chi connectivity index (χ3v) is 3.61. The smallest absolute Gasteiger partial charge is 0.254 e. The molecule has 0 aliphatic carbocycles. The number of halogens is 4. The van der Waals surface area contributed by atoms with Crippen molar-refractivity contribution in [2.75, 3.05) is 0 Å². The predicted octanol–water partition coefficient (Wildman–Crippen LogP) is 3.39. The Morgan fingerprint density at radius 1 is 1.55 bits per heavy atom. The first-order valence-corrected chi connectivity index (χ1v) is 4.58. The van der Waals surface area contributed by atoms with E-state index in [1.807, 2.05) is 22.6 Å². The van der Waals surface area contributed by atoms with Crippen molar-refractivity contribution < 1.29 is 8.78 Å². The van der Waals surface area contributed by atoms with E-state index in [-0.39, 0.29) is 5.69 Å². The average Bonchev–Trinajstić information content (AvgIpc) is 1.94. The first-order valence-electron chi connectivity index (χ1n) is 2.71. The summed E-state index contributed by atoms with van der Waals surface area (Å²) in [7, 11) is 0. The van der Waals surface area contributed by atoms with Gasteiger partial charge in [0, 0.05) is 10.7 Å². The van der Waals surface area contributed by atoms with Crippen LogP contribution in [0.5, 0.6) is 0 Å². The first-order chi connectivity index (χ1) is 5.13. The number of rotatable bonds is 1. The maximum atomic E-state index is 12.1. The largest absolute Gasteiger partial charge is 0.281 e. The Hall–Kier alpha value is 0.220. The second-order valence-corrected chi connectivity index (χ2v) is 3.73. The molecule has 0 aliphatic rings. The molecule has 1 rings (SSSR count). The van der Waals surface area contributed by atoms with E-state index in [1.165, 1.54) is 6.20 Å². The predicted molar refractivity (Wildman–Crippen MR) is 49.6 cm³/mol. The highest BCUT2D eigenvalue weighted by molar-refractivity contribution is 14.1. The van der Waals surface area contributed by atoms with Crippen molar-refractivity contribution in [3.63, 3.8) is 0 Å². The topological polar surface area (TPSA) is 12.9 Å². The zero-order chi connectivity index (χ0) is 8.43. The van der Waals surface area contributed by atoms with Crippen LogP contribution in [0.1, 0.15) is 12.1 Å². The highest BCUT2D eigenvalue weighted by Crippen LogP contribution is 2.27. The van der Waals surface area contributed by atoms with Crippen LogP contribution in [0.25, 0.3) is 0 Å². The quantitative estimate of drug-likeness (QED) is 0.718. The van der Waals surface area contributed by atoms with E-state index in [2.05, 4.69) is 20.9 Å². The zero-order valence-electron chi connectivity index (χ0n) is 5.19. The molecule has 0 radical (unpaired) electrons. The molecule has 11 heavy (non-hydrogen) atoms. The van der Waals surface area contributed by atoms with Gasteiger partial charge < -0.3 is 0 Å². The lowest BCUT2D eigenvalue weighted by molar-refractivity contribution is 0.145. The van der Waals surface area contributed by atoms with Gasteiger partial charge in [-0.25, -0.2) is 8.78 Å². The Balaban J connectivity index is 3.17. The van der Waals surface area contributed by atoms with E-state index in [1.54, 1.807) is 6.07 Å². The Bertz CT molecular complexity index is 267.